The highest BCUT2D eigenvalue weighted by Crippen LogP contribution is 2.40. The summed E-state index contributed by atoms with van der Waals surface area (Å²) in [6.45, 7) is 4.48. The van der Waals surface area contributed by atoms with Gasteiger partial charge < -0.3 is 9.47 Å². The number of aryl methyl sites for hydroxylation is 1. The Kier molecular flexibility index (Phi) is 9.47. The Hall–Kier alpha value is -2.01. The topological polar surface area (TPSA) is 98.8 Å². The van der Waals surface area contributed by atoms with Gasteiger partial charge >= 0.3 is 11.9 Å². The van der Waals surface area contributed by atoms with Gasteiger partial charge in [-0.2, -0.15) is 0 Å². The summed E-state index contributed by atoms with van der Waals surface area (Å²) in [4.78, 5) is 23.5. The Morgan fingerprint density at radius 2 is 1.53 bits per heavy atom. The summed E-state index contributed by atoms with van der Waals surface area (Å²) in [5.74, 6) is -0.237. The summed E-state index contributed by atoms with van der Waals surface area (Å²) in [5, 5.41) is -0.204. The monoisotopic (exact) mass is 523 g/mol. The number of rotatable bonds is 9. The molecular weight excluding hydrogens is 494 g/mol. The molecule has 0 saturated heterocycles. The molecule has 4 atom stereocenters. The summed E-state index contributed by atoms with van der Waals surface area (Å²) >= 11 is 0. The highest BCUT2D eigenvalue weighted by molar-refractivity contribution is 8.76. The van der Waals surface area contributed by atoms with Gasteiger partial charge in [0.1, 0.15) is 12.2 Å². The number of hydrogen-bond donors (Lipinski definition) is 1. The average Bonchev–Trinajstić information content (AvgIpc) is 2.76. The van der Waals surface area contributed by atoms with E-state index in [0.29, 0.717) is 6.42 Å². The van der Waals surface area contributed by atoms with Gasteiger partial charge in [-0.05, 0) is 24.6 Å². The van der Waals surface area contributed by atoms with E-state index in [-0.39, 0.29) is 16.6 Å². The summed E-state index contributed by atoms with van der Waals surface area (Å²) in [7, 11) is -0.642. The molecule has 0 aromatic heterocycles. The molecule has 2 aromatic carbocycles. The maximum Gasteiger partial charge on any atom is 0.303 e. The molecule has 184 valence electrons. The van der Waals surface area contributed by atoms with Gasteiger partial charge in [-0.15, -0.1) is 0 Å². The molecule has 3 rings (SSSR count). The van der Waals surface area contributed by atoms with Gasteiger partial charge in [0.2, 0.25) is 10.0 Å². The molecule has 0 heterocycles. The first-order valence-electron chi connectivity index (χ1n) is 10.9. The maximum absolute atomic E-state index is 13.1. The third-order valence-electron chi connectivity index (χ3n) is 5.35. The first-order valence-corrected chi connectivity index (χ1v) is 14.8. The molecule has 1 fully saturated rings. The maximum atomic E-state index is 13.1. The quantitative estimate of drug-likeness (QED) is 0.385. The molecule has 34 heavy (non-hydrogen) atoms. The number of esters is 2. The predicted octanol–water partition coefficient (Wildman–Crippen LogP) is 4.25. The molecule has 1 N–H and O–H groups in total. The van der Waals surface area contributed by atoms with Crippen molar-refractivity contribution >= 4 is 43.5 Å². The highest BCUT2D eigenvalue weighted by Gasteiger charge is 2.42. The van der Waals surface area contributed by atoms with Crippen LogP contribution >= 0.6 is 21.6 Å². The lowest BCUT2D eigenvalue weighted by Gasteiger charge is -2.39. The number of sulfonamides is 1. The number of benzene rings is 2. The molecule has 1 saturated carbocycles. The van der Waals surface area contributed by atoms with Gasteiger partial charge in [-0.3, -0.25) is 9.59 Å². The van der Waals surface area contributed by atoms with Crippen molar-refractivity contribution in [3.05, 3.63) is 65.7 Å². The standard InChI is InChI=1S/C24H29NO6S3/c1-16-9-11-20(12-10-16)34(28,29)25-21-13-22(30-17(2)26)23(31-18(3)27)14-24(21)33-32-15-19-7-5-4-6-8-19/h4-12,21-25H,13-15H2,1-3H3/t21-,22+,23-,24-/m1/s1. The Morgan fingerprint density at radius 3 is 2.12 bits per heavy atom. The summed E-state index contributed by atoms with van der Waals surface area (Å²) in [6, 6.07) is 16.1. The van der Waals surface area contributed by atoms with Gasteiger partial charge in [-0.1, -0.05) is 69.6 Å². The normalized spacial score (nSPS) is 22.7. The minimum atomic E-state index is -3.80. The zero-order valence-corrected chi connectivity index (χ0v) is 21.8. The van der Waals surface area contributed by atoms with E-state index in [2.05, 4.69) is 4.72 Å². The van der Waals surface area contributed by atoms with Gasteiger partial charge in [0.15, 0.2) is 0 Å². The van der Waals surface area contributed by atoms with E-state index in [1.165, 1.54) is 13.8 Å². The zero-order valence-electron chi connectivity index (χ0n) is 19.3. The van der Waals surface area contributed by atoms with Crippen LogP contribution in [0, 0.1) is 6.92 Å². The Bertz CT molecular complexity index is 1080. The fourth-order valence-electron chi connectivity index (χ4n) is 3.75. The number of hydrogen-bond acceptors (Lipinski definition) is 8. The fourth-order valence-corrected chi connectivity index (χ4v) is 8.06. The van der Waals surface area contributed by atoms with E-state index in [4.69, 9.17) is 9.47 Å². The SMILES string of the molecule is CC(=O)O[C@H]1C[C@@H](NS(=O)(=O)c2ccc(C)cc2)[C@H](SSCc2ccccc2)C[C@H]1OC(C)=O. The molecule has 2 aromatic rings. The number of ether oxygens (including phenoxy) is 2. The Labute approximate surface area is 208 Å². The largest absolute Gasteiger partial charge is 0.459 e. The van der Waals surface area contributed by atoms with E-state index in [1.807, 2.05) is 37.3 Å². The molecule has 0 amide bonds. The molecule has 0 radical (unpaired) electrons. The van der Waals surface area contributed by atoms with Crippen LogP contribution in [0.15, 0.2) is 59.5 Å². The highest BCUT2D eigenvalue weighted by atomic mass is 33.1. The second-order valence-corrected chi connectivity index (χ2v) is 12.5. The van der Waals surface area contributed by atoms with Crippen molar-refractivity contribution in [3.63, 3.8) is 0 Å². The van der Waals surface area contributed by atoms with Crippen molar-refractivity contribution < 1.29 is 27.5 Å². The van der Waals surface area contributed by atoms with E-state index < -0.39 is 40.2 Å². The number of carbonyl (C=O) groups excluding carboxylic acids is 2. The molecule has 1 aliphatic rings. The minimum Gasteiger partial charge on any atom is -0.459 e. The van der Waals surface area contributed by atoms with E-state index in [1.54, 1.807) is 45.9 Å². The third-order valence-corrected chi connectivity index (χ3v) is 9.71. The molecule has 7 nitrogen and oxygen atoms in total. The summed E-state index contributed by atoms with van der Waals surface area (Å²) in [5.41, 5.74) is 2.11. The van der Waals surface area contributed by atoms with Crippen LogP contribution in [0.1, 0.15) is 37.8 Å². The van der Waals surface area contributed by atoms with Crippen LogP contribution in [0.2, 0.25) is 0 Å². The van der Waals surface area contributed by atoms with Crippen LogP contribution < -0.4 is 4.72 Å². The van der Waals surface area contributed by atoms with Gasteiger partial charge in [-0.25, -0.2) is 13.1 Å². The van der Waals surface area contributed by atoms with Crippen LogP contribution in [-0.4, -0.2) is 43.9 Å². The molecule has 10 heteroatoms. The van der Waals surface area contributed by atoms with E-state index in [9.17, 15) is 18.0 Å². The summed E-state index contributed by atoms with van der Waals surface area (Å²) < 4.78 is 39.9. The molecule has 0 spiro atoms. The molecule has 0 unspecified atom stereocenters. The van der Waals surface area contributed by atoms with Crippen molar-refractivity contribution in [1.29, 1.82) is 0 Å². The van der Waals surface area contributed by atoms with Crippen molar-refractivity contribution in [1.82, 2.24) is 4.72 Å². The van der Waals surface area contributed by atoms with E-state index >= 15 is 0 Å². The lowest BCUT2D eigenvalue weighted by Crippen LogP contribution is -2.53. The second-order valence-electron chi connectivity index (χ2n) is 8.19. The second kappa shape index (κ2) is 12.1. The smallest absolute Gasteiger partial charge is 0.303 e. The average molecular weight is 524 g/mol. The molecule has 1 aliphatic carbocycles. The lowest BCUT2D eigenvalue weighted by molar-refractivity contribution is -0.169. The fraction of sp³-hybridized carbons (Fsp3) is 0.417. The zero-order chi connectivity index (χ0) is 24.7. The number of nitrogens with one attached hydrogen (secondary N) is 1. The van der Waals surface area contributed by atoms with Crippen molar-refractivity contribution in [2.24, 2.45) is 0 Å². The lowest BCUT2D eigenvalue weighted by atomic mass is 9.90. The van der Waals surface area contributed by atoms with Crippen LogP contribution in [0.4, 0.5) is 0 Å². The van der Waals surface area contributed by atoms with Crippen LogP contribution in [0.25, 0.3) is 0 Å². The predicted molar refractivity (Wildman–Crippen MR) is 135 cm³/mol. The molecular formula is C24H29NO6S3. The van der Waals surface area contributed by atoms with Crippen LogP contribution in [0.3, 0.4) is 0 Å². The van der Waals surface area contributed by atoms with Crippen LogP contribution in [0.5, 0.6) is 0 Å². The van der Waals surface area contributed by atoms with Crippen molar-refractivity contribution in [3.8, 4) is 0 Å². The molecule has 0 bridgehead atoms. The van der Waals surface area contributed by atoms with Crippen molar-refractivity contribution in [2.45, 2.75) is 67.8 Å². The minimum absolute atomic E-state index is 0.171. The van der Waals surface area contributed by atoms with Gasteiger partial charge in [0.25, 0.3) is 0 Å². The third kappa shape index (κ3) is 7.76. The van der Waals surface area contributed by atoms with Gasteiger partial charge in [0, 0.05) is 43.7 Å². The Balaban J connectivity index is 1.80. The molecule has 0 aliphatic heterocycles. The van der Waals surface area contributed by atoms with Crippen molar-refractivity contribution in [2.75, 3.05) is 0 Å². The Morgan fingerprint density at radius 1 is 0.941 bits per heavy atom. The van der Waals surface area contributed by atoms with E-state index in [0.717, 1.165) is 16.9 Å². The number of carbonyl (C=O) groups is 2. The first kappa shape index (κ1) is 26.6. The summed E-state index contributed by atoms with van der Waals surface area (Å²) in [6.07, 6.45) is -0.823. The van der Waals surface area contributed by atoms with Crippen LogP contribution in [-0.2, 0) is 34.8 Å². The van der Waals surface area contributed by atoms with Gasteiger partial charge in [0.05, 0.1) is 4.90 Å². The first-order chi connectivity index (χ1) is 16.1.